The SMILES string of the molecule is O=C(O)c1cn(CC(=O)N2CCC(N3CCCC3)C2)nn1. The molecule has 0 aliphatic carbocycles. The Labute approximate surface area is 122 Å². The summed E-state index contributed by atoms with van der Waals surface area (Å²) in [5, 5.41) is 16.0. The van der Waals surface area contributed by atoms with Gasteiger partial charge in [0.2, 0.25) is 5.91 Å². The third-order valence-electron chi connectivity index (χ3n) is 4.23. The van der Waals surface area contributed by atoms with Crippen LogP contribution in [-0.2, 0) is 11.3 Å². The Morgan fingerprint density at radius 3 is 2.71 bits per heavy atom. The van der Waals surface area contributed by atoms with Crippen molar-refractivity contribution in [2.24, 2.45) is 0 Å². The topological polar surface area (TPSA) is 91.6 Å². The van der Waals surface area contributed by atoms with Crippen molar-refractivity contribution < 1.29 is 14.7 Å². The minimum absolute atomic E-state index is 0.0291. The van der Waals surface area contributed by atoms with Gasteiger partial charge < -0.3 is 10.0 Å². The minimum Gasteiger partial charge on any atom is -0.476 e. The first-order chi connectivity index (χ1) is 10.1. The molecule has 1 aromatic rings. The summed E-state index contributed by atoms with van der Waals surface area (Å²) in [5.74, 6) is -1.16. The fourth-order valence-corrected chi connectivity index (χ4v) is 3.09. The maximum atomic E-state index is 12.2. The van der Waals surface area contributed by atoms with Gasteiger partial charge in [0.1, 0.15) is 6.54 Å². The molecule has 1 amide bonds. The van der Waals surface area contributed by atoms with Gasteiger partial charge in [0.25, 0.3) is 0 Å². The van der Waals surface area contributed by atoms with Crippen molar-refractivity contribution in [2.75, 3.05) is 26.2 Å². The third kappa shape index (κ3) is 3.05. The number of hydrogen-bond donors (Lipinski definition) is 1. The second-order valence-corrected chi connectivity index (χ2v) is 5.63. The average molecular weight is 293 g/mol. The van der Waals surface area contributed by atoms with Gasteiger partial charge >= 0.3 is 5.97 Å². The molecule has 3 rings (SSSR count). The zero-order valence-electron chi connectivity index (χ0n) is 11.8. The quantitative estimate of drug-likeness (QED) is 0.817. The molecule has 0 spiro atoms. The summed E-state index contributed by atoms with van der Waals surface area (Å²) in [6.45, 7) is 3.85. The highest BCUT2D eigenvalue weighted by atomic mass is 16.4. The highest BCUT2D eigenvalue weighted by molar-refractivity contribution is 5.84. The molecule has 21 heavy (non-hydrogen) atoms. The lowest BCUT2D eigenvalue weighted by atomic mass is 10.2. The van der Waals surface area contributed by atoms with Crippen LogP contribution in [-0.4, -0.2) is 74.0 Å². The zero-order chi connectivity index (χ0) is 14.8. The first-order valence-electron chi connectivity index (χ1n) is 7.29. The van der Waals surface area contributed by atoms with E-state index < -0.39 is 5.97 Å². The average Bonchev–Trinajstić information content (AvgIpc) is 3.19. The molecule has 2 saturated heterocycles. The van der Waals surface area contributed by atoms with Gasteiger partial charge in [0, 0.05) is 19.1 Å². The number of rotatable bonds is 4. The number of hydrogen-bond acceptors (Lipinski definition) is 5. The van der Waals surface area contributed by atoms with Gasteiger partial charge in [-0.25, -0.2) is 9.48 Å². The summed E-state index contributed by atoms with van der Waals surface area (Å²) in [5.41, 5.74) is -0.140. The van der Waals surface area contributed by atoms with E-state index in [0.717, 1.165) is 32.6 Å². The Morgan fingerprint density at radius 1 is 1.29 bits per heavy atom. The summed E-state index contributed by atoms with van der Waals surface area (Å²) in [6, 6.07) is 0.474. The Hall–Kier alpha value is -1.96. The van der Waals surface area contributed by atoms with Gasteiger partial charge in [-0.2, -0.15) is 0 Å². The Morgan fingerprint density at radius 2 is 2.05 bits per heavy atom. The van der Waals surface area contributed by atoms with Crippen molar-refractivity contribution in [3.05, 3.63) is 11.9 Å². The second-order valence-electron chi connectivity index (χ2n) is 5.63. The molecule has 8 heteroatoms. The van der Waals surface area contributed by atoms with E-state index in [4.69, 9.17) is 5.11 Å². The van der Waals surface area contributed by atoms with Gasteiger partial charge in [-0.1, -0.05) is 5.21 Å². The fourth-order valence-electron chi connectivity index (χ4n) is 3.09. The van der Waals surface area contributed by atoms with E-state index in [1.807, 2.05) is 4.90 Å². The normalized spacial score (nSPS) is 22.9. The maximum absolute atomic E-state index is 12.2. The van der Waals surface area contributed by atoms with Crippen molar-refractivity contribution >= 4 is 11.9 Å². The van der Waals surface area contributed by atoms with E-state index >= 15 is 0 Å². The molecule has 0 saturated carbocycles. The van der Waals surface area contributed by atoms with Crippen LogP contribution < -0.4 is 0 Å². The van der Waals surface area contributed by atoms with E-state index in [0.29, 0.717) is 6.04 Å². The van der Waals surface area contributed by atoms with Crippen LogP contribution in [0, 0.1) is 0 Å². The predicted octanol–water partition coefficient (Wildman–Crippen LogP) is -0.327. The molecule has 1 unspecified atom stereocenters. The van der Waals surface area contributed by atoms with Crippen LogP contribution in [0.2, 0.25) is 0 Å². The van der Waals surface area contributed by atoms with Crippen LogP contribution in [0.1, 0.15) is 29.8 Å². The smallest absolute Gasteiger partial charge is 0.358 e. The number of carboxylic acids is 1. The number of nitrogens with zero attached hydrogens (tertiary/aromatic N) is 5. The summed E-state index contributed by atoms with van der Waals surface area (Å²) >= 11 is 0. The molecule has 1 N–H and O–H groups in total. The molecule has 114 valence electrons. The highest BCUT2D eigenvalue weighted by Gasteiger charge is 2.31. The van der Waals surface area contributed by atoms with Crippen molar-refractivity contribution in [3.63, 3.8) is 0 Å². The lowest BCUT2D eigenvalue weighted by Crippen LogP contribution is -2.38. The van der Waals surface area contributed by atoms with Gasteiger partial charge in [-0.05, 0) is 32.4 Å². The van der Waals surface area contributed by atoms with Gasteiger partial charge in [0.15, 0.2) is 5.69 Å². The Balaban J connectivity index is 1.54. The van der Waals surface area contributed by atoms with E-state index in [-0.39, 0.29) is 18.1 Å². The molecule has 0 bridgehead atoms. The molecule has 2 aliphatic heterocycles. The number of aromatic nitrogens is 3. The molecule has 2 fully saturated rings. The number of likely N-dealkylation sites (tertiary alicyclic amines) is 2. The molecule has 3 heterocycles. The first-order valence-corrected chi connectivity index (χ1v) is 7.29. The second kappa shape index (κ2) is 5.80. The molecule has 0 aromatic carbocycles. The third-order valence-corrected chi connectivity index (χ3v) is 4.23. The summed E-state index contributed by atoms with van der Waals surface area (Å²) in [4.78, 5) is 27.3. The Kier molecular flexibility index (Phi) is 3.87. The molecule has 2 aliphatic rings. The Bertz CT molecular complexity index is 538. The van der Waals surface area contributed by atoms with Gasteiger partial charge in [-0.15, -0.1) is 5.10 Å². The molecule has 0 radical (unpaired) electrons. The van der Waals surface area contributed by atoms with Crippen molar-refractivity contribution in [1.82, 2.24) is 24.8 Å². The number of carboxylic acid groups (broad SMARTS) is 1. The first kappa shape index (κ1) is 14.0. The van der Waals surface area contributed by atoms with E-state index in [1.165, 1.54) is 23.7 Å². The van der Waals surface area contributed by atoms with Crippen molar-refractivity contribution in [3.8, 4) is 0 Å². The summed E-state index contributed by atoms with van der Waals surface area (Å²) in [6.07, 6.45) is 4.81. The van der Waals surface area contributed by atoms with Crippen LogP contribution >= 0.6 is 0 Å². The van der Waals surface area contributed by atoms with Crippen LogP contribution in [0.5, 0.6) is 0 Å². The monoisotopic (exact) mass is 293 g/mol. The van der Waals surface area contributed by atoms with E-state index in [2.05, 4.69) is 15.2 Å². The highest BCUT2D eigenvalue weighted by Crippen LogP contribution is 2.20. The van der Waals surface area contributed by atoms with Crippen LogP contribution in [0.4, 0.5) is 0 Å². The van der Waals surface area contributed by atoms with Gasteiger partial charge in [-0.3, -0.25) is 9.69 Å². The van der Waals surface area contributed by atoms with Crippen LogP contribution in [0.25, 0.3) is 0 Å². The predicted molar refractivity (Wildman–Crippen MR) is 72.8 cm³/mol. The number of aromatic carboxylic acids is 1. The zero-order valence-corrected chi connectivity index (χ0v) is 11.8. The largest absolute Gasteiger partial charge is 0.476 e. The van der Waals surface area contributed by atoms with E-state index in [1.54, 1.807) is 0 Å². The molecular formula is C13H19N5O3. The fraction of sp³-hybridized carbons (Fsp3) is 0.692. The lowest BCUT2D eigenvalue weighted by molar-refractivity contribution is -0.131. The molecule has 1 atom stereocenters. The van der Waals surface area contributed by atoms with Crippen molar-refractivity contribution in [1.29, 1.82) is 0 Å². The molecular weight excluding hydrogens is 274 g/mol. The molecule has 8 nitrogen and oxygen atoms in total. The number of carbonyl (C=O) groups is 2. The number of amides is 1. The standard InChI is InChI=1S/C13H19N5O3/c19-12(9-18-8-11(13(20)21)14-15-18)17-6-3-10(7-17)16-4-1-2-5-16/h8,10H,1-7,9H2,(H,20,21). The minimum atomic E-state index is -1.14. The van der Waals surface area contributed by atoms with E-state index in [9.17, 15) is 9.59 Å². The number of carbonyl (C=O) groups excluding carboxylic acids is 1. The summed E-state index contributed by atoms with van der Waals surface area (Å²) in [7, 11) is 0. The molecule has 1 aromatic heterocycles. The maximum Gasteiger partial charge on any atom is 0.358 e. The van der Waals surface area contributed by atoms with Crippen LogP contribution in [0.3, 0.4) is 0 Å². The lowest BCUT2D eigenvalue weighted by Gasteiger charge is -2.23. The van der Waals surface area contributed by atoms with Gasteiger partial charge in [0.05, 0.1) is 6.20 Å². The van der Waals surface area contributed by atoms with Crippen LogP contribution in [0.15, 0.2) is 6.20 Å². The summed E-state index contributed by atoms with van der Waals surface area (Å²) < 4.78 is 1.29. The van der Waals surface area contributed by atoms with Crippen molar-refractivity contribution in [2.45, 2.75) is 31.8 Å².